The Morgan fingerprint density at radius 1 is 1.06 bits per heavy atom. The van der Waals surface area contributed by atoms with Crippen molar-refractivity contribution in [2.75, 3.05) is 13.1 Å². The maximum Gasteiger partial charge on any atom is 0.226 e. The van der Waals surface area contributed by atoms with Crippen LogP contribution in [0.25, 0.3) is 16.5 Å². The minimum absolute atomic E-state index is 0.0914. The number of hydrogen-bond donors (Lipinski definition) is 1. The summed E-state index contributed by atoms with van der Waals surface area (Å²) >= 11 is 3.48. The lowest BCUT2D eigenvalue weighted by Gasteiger charge is -2.24. The lowest BCUT2D eigenvalue weighted by atomic mass is 9.92. The molecule has 5 rings (SSSR count). The first-order valence-corrected chi connectivity index (χ1v) is 12.4. The molecule has 1 atom stereocenters. The summed E-state index contributed by atoms with van der Waals surface area (Å²) < 4.78 is 2.72. The van der Waals surface area contributed by atoms with E-state index in [1.807, 2.05) is 54.4 Å². The van der Waals surface area contributed by atoms with Crippen molar-refractivity contribution in [2.24, 2.45) is 0 Å². The van der Waals surface area contributed by atoms with Crippen LogP contribution in [0.3, 0.4) is 0 Å². The number of fused-ring (bicyclic) bond motifs is 1. The maximum absolute atomic E-state index is 13.1. The van der Waals surface area contributed by atoms with Crippen molar-refractivity contribution in [3.05, 3.63) is 88.2 Å². The van der Waals surface area contributed by atoms with E-state index in [0.717, 1.165) is 26.7 Å². The number of halogens is 1. The quantitative estimate of drug-likeness (QED) is 0.415. The molecule has 7 heteroatoms. The van der Waals surface area contributed by atoms with E-state index >= 15 is 0 Å². The molecule has 1 aromatic heterocycles. The van der Waals surface area contributed by atoms with Gasteiger partial charge in [0.2, 0.25) is 5.91 Å². The zero-order valence-corrected chi connectivity index (χ0v) is 20.7. The summed E-state index contributed by atoms with van der Waals surface area (Å²) in [6.07, 6.45) is 3.87. The average molecular weight is 519 g/mol. The molecular formula is C27H27BrN4O2. The van der Waals surface area contributed by atoms with Gasteiger partial charge in [-0.1, -0.05) is 63.6 Å². The van der Waals surface area contributed by atoms with Gasteiger partial charge in [0.15, 0.2) is 0 Å². The van der Waals surface area contributed by atoms with Crippen molar-refractivity contribution in [1.29, 1.82) is 0 Å². The van der Waals surface area contributed by atoms with Gasteiger partial charge in [-0.2, -0.15) is 0 Å². The number of aryl methyl sites for hydroxylation is 1. The number of benzene rings is 3. The third-order valence-electron chi connectivity index (χ3n) is 6.71. The summed E-state index contributed by atoms with van der Waals surface area (Å²) in [5, 5.41) is 22.3. The predicted octanol–water partition coefficient (Wildman–Crippen LogP) is 4.93. The minimum atomic E-state index is -1.10. The lowest BCUT2D eigenvalue weighted by Crippen LogP contribution is -2.34. The number of carbonyl (C=O) groups is 1. The van der Waals surface area contributed by atoms with Gasteiger partial charge < -0.3 is 10.0 Å². The van der Waals surface area contributed by atoms with Gasteiger partial charge in [-0.3, -0.25) is 4.79 Å². The van der Waals surface area contributed by atoms with Crippen LogP contribution in [0.5, 0.6) is 0 Å². The Morgan fingerprint density at radius 3 is 2.71 bits per heavy atom. The van der Waals surface area contributed by atoms with E-state index in [9.17, 15) is 9.90 Å². The SMILES string of the molecule is Cc1cc(Br)ccc1-n1cc(C2(O)CCCN(C(=O)Cc3ccc4ccccc4c3)CC2)nn1. The second-order valence-electron chi connectivity index (χ2n) is 9.10. The Kier molecular flexibility index (Phi) is 6.23. The number of likely N-dealkylation sites (tertiary alicyclic amines) is 1. The molecule has 1 unspecified atom stereocenters. The van der Waals surface area contributed by atoms with Crippen LogP contribution in [0.1, 0.15) is 36.1 Å². The number of nitrogens with zero attached hydrogens (tertiary/aromatic N) is 4. The number of rotatable bonds is 4. The molecule has 0 aliphatic carbocycles. The number of amides is 1. The van der Waals surface area contributed by atoms with Gasteiger partial charge in [-0.25, -0.2) is 4.68 Å². The fraction of sp³-hybridized carbons (Fsp3) is 0.296. The van der Waals surface area contributed by atoms with Crippen LogP contribution >= 0.6 is 15.9 Å². The smallest absolute Gasteiger partial charge is 0.226 e. The third kappa shape index (κ3) is 4.63. The van der Waals surface area contributed by atoms with Crippen molar-refractivity contribution < 1.29 is 9.90 Å². The highest BCUT2D eigenvalue weighted by atomic mass is 79.9. The highest BCUT2D eigenvalue weighted by Gasteiger charge is 2.35. The van der Waals surface area contributed by atoms with E-state index in [4.69, 9.17) is 0 Å². The minimum Gasteiger partial charge on any atom is -0.383 e. The van der Waals surface area contributed by atoms with Crippen molar-refractivity contribution in [2.45, 2.75) is 38.2 Å². The van der Waals surface area contributed by atoms with Crippen LogP contribution in [0, 0.1) is 6.92 Å². The van der Waals surface area contributed by atoms with Gasteiger partial charge in [0.1, 0.15) is 11.3 Å². The summed E-state index contributed by atoms with van der Waals surface area (Å²) in [7, 11) is 0. The van der Waals surface area contributed by atoms with E-state index < -0.39 is 5.60 Å². The molecule has 1 saturated heterocycles. The Bertz CT molecular complexity index is 1350. The highest BCUT2D eigenvalue weighted by molar-refractivity contribution is 9.10. The Labute approximate surface area is 207 Å². The molecule has 174 valence electrons. The van der Waals surface area contributed by atoms with E-state index in [-0.39, 0.29) is 5.91 Å². The zero-order valence-electron chi connectivity index (χ0n) is 19.1. The van der Waals surface area contributed by atoms with Gasteiger partial charge in [-0.15, -0.1) is 5.10 Å². The van der Waals surface area contributed by atoms with Crippen LogP contribution in [0.15, 0.2) is 71.3 Å². The molecule has 0 bridgehead atoms. The maximum atomic E-state index is 13.1. The molecule has 1 aliphatic rings. The average Bonchev–Trinajstić information content (AvgIpc) is 3.23. The van der Waals surface area contributed by atoms with Gasteiger partial charge >= 0.3 is 0 Å². The summed E-state index contributed by atoms with van der Waals surface area (Å²) in [4.78, 5) is 14.9. The lowest BCUT2D eigenvalue weighted by molar-refractivity contribution is -0.130. The molecule has 6 nitrogen and oxygen atoms in total. The Hall–Kier alpha value is -3.03. The second kappa shape index (κ2) is 9.31. The first kappa shape index (κ1) is 22.7. The fourth-order valence-corrected chi connectivity index (χ4v) is 5.21. The summed E-state index contributed by atoms with van der Waals surface area (Å²) in [5.74, 6) is 0.0914. The van der Waals surface area contributed by atoms with Gasteiger partial charge in [-0.05, 0) is 66.3 Å². The topological polar surface area (TPSA) is 71.2 Å². The molecule has 1 N–H and O–H groups in total. The van der Waals surface area contributed by atoms with Crippen LogP contribution in [0.4, 0.5) is 0 Å². The predicted molar refractivity (Wildman–Crippen MR) is 136 cm³/mol. The molecule has 0 saturated carbocycles. The number of carbonyl (C=O) groups excluding carboxylic acids is 1. The van der Waals surface area contributed by atoms with E-state index in [2.05, 4.69) is 50.5 Å². The summed E-state index contributed by atoms with van der Waals surface area (Å²) in [6.45, 7) is 3.14. The monoisotopic (exact) mass is 518 g/mol. The Balaban J connectivity index is 1.28. The molecule has 4 aromatic rings. The number of hydrogen-bond acceptors (Lipinski definition) is 4. The molecule has 1 fully saturated rings. The third-order valence-corrected chi connectivity index (χ3v) is 7.20. The normalized spacial score (nSPS) is 18.7. The van der Waals surface area contributed by atoms with E-state index in [0.29, 0.717) is 44.5 Å². The first-order chi connectivity index (χ1) is 16.4. The second-order valence-corrected chi connectivity index (χ2v) is 10.0. The molecule has 1 amide bonds. The standard InChI is InChI=1S/C27H27BrN4O2/c1-19-15-23(28)9-10-24(19)32-18-25(29-30-32)27(34)11-4-13-31(14-12-27)26(33)17-20-7-8-21-5-2-3-6-22(21)16-20/h2-3,5-10,15-16,18,34H,4,11-14,17H2,1H3. The fourth-order valence-electron chi connectivity index (χ4n) is 4.73. The van der Waals surface area contributed by atoms with Crippen LogP contribution in [0.2, 0.25) is 0 Å². The molecular weight excluding hydrogens is 492 g/mol. The van der Waals surface area contributed by atoms with Crippen LogP contribution < -0.4 is 0 Å². The number of aliphatic hydroxyl groups is 1. The van der Waals surface area contributed by atoms with E-state index in [1.165, 1.54) is 5.39 Å². The van der Waals surface area contributed by atoms with Gasteiger partial charge in [0.05, 0.1) is 18.3 Å². The van der Waals surface area contributed by atoms with Crippen LogP contribution in [-0.2, 0) is 16.8 Å². The van der Waals surface area contributed by atoms with Crippen molar-refractivity contribution >= 4 is 32.6 Å². The molecule has 0 spiro atoms. The summed E-state index contributed by atoms with van der Waals surface area (Å²) in [5.41, 5.74) is 2.45. The zero-order chi connectivity index (χ0) is 23.7. The molecule has 0 radical (unpaired) electrons. The highest BCUT2D eigenvalue weighted by Crippen LogP contribution is 2.32. The summed E-state index contributed by atoms with van der Waals surface area (Å²) in [6, 6.07) is 20.3. The Morgan fingerprint density at radius 2 is 1.88 bits per heavy atom. The van der Waals surface area contributed by atoms with Gasteiger partial charge in [0.25, 0.3) is 0 Å². The molecule has 3 aromatic carbocycles. The first-order valence-electron chi connectivity index (χ1n) is 11.6. The van der Waals surface area contributed by atoms with Crippen LogP contribution in [-0.4, -0.2) is 44.0 Å². The van der Waals surface area contributed by atoms with E-state index in [1.54, 1.807) is 4.68 Å². The molecule has 1 aliphatic heterocycles. The number of aromatic nitrogens is 3. The molecule has 2 heterocycles. The molecule has 34 heavy (non-hydrogen) atoms. The van der Waals surface area contributed by atoms with Gasteiger partial charge in [0, 0.05) is 17.6 Å². The largest absolute Gasteiger partial charge is 0.383 e. The van der Waals surface area contributed by atoms with Crippen molar-refractivity contribution in [1.82, 2.24) is 19.9 Å². The van der Waals surface area contributed by atoms with Crippen molar-refractivity contribution in [3.8, 4) is 5.69 Å². The van der Waals surface area contributed by atoms with Crippen molar-refractivity contribution in [3.63, 3.8) is 0 Å².